The summed E-state index contributed by atoms with van der Waals surface area (Å²) in [5.74, 6) is -0.680. The topological polar surface area (TPSA) is 64.0 Å². The third-order valence-electron chi connectivity index (χ3n) is 4.45. The standard InChI is InChI=1S/C19H22FN3O2/c1-13(21-19(25)14-7-9-16(20)10-8-14)12-23-18(24)11-15-5-3-2-4-6-17(15)22-23/h7-11,13H,2-6,12H2,1H3,(H,21,25)/t13-/m0/s1. The van der Waals surface area contributed by atoms with Gasteiger partial charge in [0, 0.05) is 17.7 Å². The van der Waals surface area contributed by atoms with E-state index in [-0.39, 0.29) is 23.3 Å². The molecule has 1 atom stereocenters. The lowest BCUT2D eigenvalue weighted by molar-refractivity contribution is 0.0935. The van der Waals surface area contributed by atoms with E-state index in [0.717, 1.165) is 43.4 Å². The molecule has 0 unspecified atom stereocenters. The maximum atomic E-state index is 12.9. The summed E-state index contributed by atoms with van der Waals surface area (Å²) in [6.45, 7) is 2.13. The number of carbonyl (C=O) groups excluding carboxylic acids is 1. The van der Waals surface area contributed by atoms with Gasteiger partial charge in [0.1, 0.15) is 5.82 Å². The van der Waals surface area contributed by atoms with Crippen LogP contribution in [0.5, 0.6) is 0 Å². The number of nitrogens with one attached hydrogen (secondary N) is 1. The first kappa shape index (κ1) is 17.3. The molecule has 1 heterocycles. The normalized spacial score (nSPS) is 15.1. The van der Waals surface area contributed by atoms with Gasteiger partial charge in [-0.25, -0.2) is 9.07 Å². The quantitative estimate of drug-likeness (QED) is 0.868. The van der Waals surface area contributed by atoms with Crippen molar-refractivity contribution in [2.75, 3.05) is 0 Å². The zero-order valence-electron chi connectivity index (χ0n) is 14.3. The van der Waals surface area contributed by atoms with E-state index in [9.17, 15) is 14.0 Å². The van der Waals surface area contributed by atoms with Gasteiger partial charge in [-0.3, -0.25) is 9.59 Å². The highest BCUT2D eigenvalue weighted by atomic mass is 19.1. The largest absolute Gasteiger partial charge is 0.348 e. The van der Waals surface area contributed by atoms with E-state index in [1.54, 1.807) is 6.07 Å². The van der Waals surface area contributed by atoms with Gasteiger partial charge in [-0.15, -0.1) is 0 Å². The number of benzene rings is 1. The van der Waals surface area contributed by atoms with E-state index in [0.29, 0.717) is 12.1 Å². The van der Waals surface area contributed by atoms with Crippen molar-refractivity contribution in [3.05, 3.63) is 63.3 Å². The van der Waals surface area contributed by atoms with Crippen LogP contribution in [0.4, 0.5) is 4.39 Å². The molecule has 1 amide bonds. The summed E-state index contributed by atoms with van der Waals surface area (Å²) in [5, 5.41) is 7.33. The molecule has 0 radical (unpaired) electrons. The number of fused-ring (bicyclic) bond motifs is 1. The molecule has 0 fully saturated rings. The van der Waals surface area contributed by atoms with Crippen LogP contribution in [0.1, 0.15) is 47.8 Å². The summed E-state index contributed by atoms with van der Waals surface area (Å²) in [6.07, 6.45) is 5.16. The predicted molar refractivity (Wildman–Crippen MR) is 93.1 cm³/mol. The molecule has 0 saturated heterocycles. The zero-order chi connectivity index (χ0) is 17.8. The lowest BCUT2D eigenvalue weighted by Crippen LogP contribution is -2.39. The molecule has 3 rings (SSSR count). The molecule has 1 aromatic heterocycles. The highest BCUT2D eigenvalue weighted by Gasteiger charge is 2.15. The molecule has 25 heavy (non-hydrogen) atoms. The summed E-state index contributed by atoms with van der Waals surface area (Å²) >= 11 is 0. The van der Waals surface area contributed by atoms with Gasteiger partial charge in [0.15, 0.2) is 0 Å². The van der Waals surface area contributed by atoms with E-state index in [1.807, 2.05) is 6.92 Å². The maximum Gasteiger partial charge on any atom is 0.267 e. The Morgan fingerprint density at radius 2 is 1.96 bits per heavy atom. The SMILES string of the molecule is C[C@@H](Cn1nc2c(cc1=O)CCCCC2)NC(=O)c1ccc(F)cc1. The minimum atomic E-state index is -0.384. The molecule has 0 aliphatic heterocycles. The van der Waals surface area contributed by atoms with Crippen LogP contribution < -0.4 is 10.9 Å². The van der Waals surface area contributed by atoms with Gasteiger partial charge < -0.3 is 5.32 Å². The molecule has 5 nitrogen and oxygen atoms in total. The van der Waals surface area contributed by atoms with Crippen LogP contribution in [0.25, 0.3) is 0 Å². The Bertz CT molecular complexity index is 814. The number of halogens is 1. The summed E-state index contributed by atoms with van der Waals surface area (Å²) in [5.41, 5.74) is 2.30. The summed E-state index contributed by atoms with van der Waals surface area (Å²) in [4.78, 5) is 24.5. The minimum absolute atomic E-state index is 0.136. The molecule has 1 aromatic carbocycles. The predicted octanol–water partition coefficient (Wildman–Crippen LogP) is 2.47. The molecule has 2 aromatic rings. The van der Waals surface area contributed by atoms with Crippen molar-refractivity contribution in [2.24, 2.45) is 0 Å². The Kier molecular flexibility index (Phi) is 5.26. The molecule has 0 saturated carbocycles. The van der Waals surface area contributed by atoms with Gasteiger partial charge in [-0.2, -0.15) is 5.10 Å². The van der Waals surface area contributed by atoms with Crippen molar-refractivity contribution < 1.29 is 9.18 Å². The number of hydrogen-bond acceptors (Lipinski definition) is 3. The first-order valence-electron chi connectivity index (χ1n) is 8.69. The Labute approximate surface area is 145 Å². The number of amides is 1. The van der Waals surface area contributed by atoms with Gasteiger partial charge >= 0.3 is 0 Å². The van der Waals surface area contributed by atoms with Crippen molar-refractivity contribution in [3.8, 4) is 0 Å². The number of nitrogens with zero attached hydrogens (tertiary/aromatic N) is 2. The van der Waals surface area contributed by atoms with Crippen LogP contribution in [-0.2, 0) is 19.4 Å². The summed E-state index contributed by atoms with van der Waals surface area (Å²) in [6, 6.07) is 6.78. The fourth-order valence-corrected chi connectivity index (χ4v) is 3.12. The lowest BCUT2D eigenvalue weighted by atomic mass is 10.1. The van der Waals surface area contributed by atoms with Gasteiger partial charge in [0.05, 0.1) is 12.2 Å². The first-order valence-corrected chi connectivity index (χ1v) is 8.69. The number of carbonyl (C=O) groups is 1. The second kappa shape index (κ2) is 7.59. The molecule has 1 aliphatic rings. The van der Waals surface area contributed by atoms with Crippen LogP contribution in [0.3, 0.4) is 0 Å². The number of hydrogen-bond donors (Lipinski definition) is 1. The molecule has 1 aliphatic carbocycles. The Balaban J connectivity index is 1.69. The van der Waals surface area contributed by atoms with E-state index < -0.39 is 0 Å². The second-order valence-electron chi connectivity index (χ2n) is 6.58. The van der Waals surface area contributed by atoms with E-state index in [1.165, 1.54) is 28.9 Å². The monoisotopic (exact) mass is 343 g/mol. The second-order valence-corrected chi connectivity index (χ2v) is 6.58. The van der Waals surface area contributed by atoms with Gasteiger partial charge in [0.2, 0.25) is 0 Å². The minimum Gasteiger partial charge on any atom is -0.348 e. The van der Waals surface area contributed by atoms with Crippen LogP contribution in [0, 0.1) is 5.82 Å². The van der Waals surface area contributed by atoms with E-state index in [2.05, 4.69) is 10.4 Å². The van der Waals surface area contributed by atoms with Gasteiger partial charge in [-0.05, 0) is 62.4 Å². The maximum absolute atomic E-state index is 12.9. The summed E-state index contributed by atoms with van der Waals surface area (Å²) < 4.78 is 14.4. The van der Waals surface area contributed by atoms with Crippen molar-refractivity contribution in [1.82, 2.24) is 15.1 Å². The third kappa shape index (κ3) is 4.32. The van der Waals surface area contributed by atoms with Gasteiger partial charge in [0.25, 0.3) is 11.5 Å². The zero-order valence-corrected chi connectivity index (χ0v) is 14.3. The lowest BCUT2D eigenvalue weighted by Gasteiger charge is -2.16. The highest BCUT2D eigenvalue weighted by Crippen LogP contribution is 2.16. The first-order chi connectivity index (χ1) is 12.0. The number of aryl methyl sites for hydroxylation is 2. The van der Waals surface area contributed by atoms with Gasteiger partial charge in [-0.1, -0.05) is 6.42 Å². The fraction of sp³-hybridized carbons (Fsp3) is 0.421. The van der Waals surface area contributed by atoms with Crippen LogP contribution in [0.2, 0.25) is 0 Å². The number of rotatable bonds is 4. The molecule has 1 N–H and O–H groups in total. The van der Waals surface area contributed by atoms with Crippen molar-refractivity contribution in [1.29, 1.82) is 0 Å². The molecule has 0 spiro atoms. The van der Waals surface area contributed by atoms with Crippen molar-refractivity contribution >= 4 is 5.91 Å². The van der Waals surface area contributed by atoms with E-state index in [4.69, 9.17) is 0 Å². The fourth-order valence-electron chi connectivity index (χ4n) is 3.12. The number of aromatic nitrogens is 2. The van der Waals surface area contributed by atoms with Crippen LogP contribution >= 0.6 is 0 Å². The van der Waals surface area contributed by atoms with Crippen LogP contribution in [-0.4, -0.2) is 21.7 Å². The summed E-state index contributed by atoms with van der Waals surface area (Å²) in [7, 11) is 0. The average Bonchev–Trinajstić information content (AvgIpc) is 2.80. The molecule has 132 valence electrons. The Hall–Kier alpha value is -2.50. The molecule has 6 heteroatoms. The third-order valence-corrected chi connectivity index (χ3v) is 4.45. The molecular weight excluding hydrogens is 321 g/mol. The van der Waals surface area contributed by atoms with Crippen molar-refractivity contribution in [3.63, 3.8) is 0 Å². The smallest absolute Gasteiger partial charge is 0.267 e. The highest BCUT2D eigenvalue weighted by molar-refractivity contribution is 5.94. The Morgan fingerprint density at radius 1 is 1.24 bits per heavy atom. The van der Waals surface area contributed by atoms with Crippen molar-refractivity contribution in [2.45, 2.75) is 51.6 Å². The average molecular weight is 343 g/mol. The van der Waals surface area contributed by atoms with E-state index >= 15 is 0 Å². The molecule has 0 bridgehead atoms. The Morgan fingerprint density at radius 3 is 2.72 bits per heavy atom. The van der Waals surface area contributed by atoms with Crippen LogP contribution in [0.15, 0.2) is 35.1 Å². The molecular formula is C19H22FN3O2.